The van der Waals surface area contributed by atoms with E-state index in [1.165, 1.54) is 32.1 Å². The second kappa shape index (κ2) is 6.46. The molecule has 2 N–H and O–H groups in total. The van der Waals surface area contributed by atoms with Gasteiger partial charge < -0.3 is 10.6 Å². The predicted octanol–water partition coefficient (Wildman–Crippen LogP) is 3.18. The molecule has 0 aromatic rings. The molecule has 0 saturated heterocycles. The first-order valence-corrected chi connectivity index (χ1v) is 8.51. The zero-order chi connectivity index (χ0) is 14.8. The molecular formula is C17H32N2O. The fraction of sp³-hybridized carbons (Fsp3) is 0.941. The molecule has 0 spiro atoms. The maximum Gasteiger partial charge on any atom is 0.226 e. The summed E-state index contributed by atoms with van der Waals surface area (Å²) in [5.41, 5.74) is 6.08. The minimum atomic E-state index is 0.166. The Morgan fingerprint density at radius 3 is 2.55 bits per heavy atom. The van der Waals surface area contributed by atoms with E-state index < -0.39 is 0 Å². The Morgan fingerprint density at radius 1 is 1.20 bits per heavy atom. The number of nitrogens with two attached hydrogens (primary N) is 1. The van der Waals surface area contributed by atoms with Crippen molar-refractivity contribution in [2.24, 2.45) is 23.0 Å². The summed E-state index contributed by atoms with van der Waals surface area (Å²) >= 11 is 0. The summed E-state index contributed by atoms with van der Waals surface area (Å²) in [4.78, 5) is 15.2. The lowest BCUT2D eigenvalue weighted by atomic mass is 9.68. The van der Waals surface area contributed by atoms with Crippen molar-refractivity contribution in [2.45, 2.75) is 71.8 Å². The van der Waals surface area contributed by atoms with Crippen LogP contribution < -0.4 is 5.73 Å². The Hall–Kier alpha value is -0.570. The number of hydrogen-bond acceptors (Lipinski definition) is 2. The Balaban J connectivity index is 2.12. The van der Waals surface area contributed by atoms with Crippen LogP contribution in [-0.2, 0) is 4.79 Å². The number of carbonyl (C=O) groups excluding carboxylic acids is 1. The summed E-state index contributed by atoms with van der Waals surface area (Å²) in [6.45, 7) is 8.24. The average Bonchev–Trinajstić information content (AvgIpc) is 2.87. The molecule has 2 aliphatic carbocycles. The molecular weight excluding hydrogens is 248 g/mol. The topological polar surface area (TPSA) is 46.3 Å². The average molecular weight is 280 g/mol. The minimum Gasteiger partial charge on any atom is -0.339 e. The lowest BCUT2D eigenvalue weighted by Gasteiger charge is -2.42. The van der Waals surface area contributed by atoms with Gasteiger partial charge in [0.2, 0.25) is 5.91 Å². The quantitative estimate of drug-likeness (QED) is 0.859. The van der Waals surface area contributed by atoms with Crippen LogP contribution in [0.3, 0.4) is 0 Å². The van der Waals surface area contributed by atoms with E-state index in [9.17, 15) is 4.79 Å². The van der Waals surface area contributed by atoms with Gasteiger partial charge in [-0.1, -0.05) is 33.1 Å². The van der Waals surface area contributed by atoms with Crippen molar-refractivity contribution in [3.63, 3.8) is 0 Å². The molecule has 0 radical (unpaired) electrons. The van der Waals surface area contributed by atoms with Crippen molar-refractivity contribution in [3.8, 4) is 0 Å². The van der Waals surface area contributed by atoms with Crippen LogP contribution in [0.5, 0.6) is 0 Å². The molecule has 0 aliphatic heterocycles. The first-order valence-electron chi connectivity index (χ1n) is 8.51. The van der Waals surface area contributed by atoms with Crippen molar-refractivity contribution in [1.29, 1.82) is 0 Å². The number of nitrogens with zero attached hydrogens (tertiary/aromatic N) is 1. The molecule has 2 saturated carbocycles. The third-order valence-electron chi connectivity index (χ3n) is 5.75. The van der Waals surface area contributed by atoms with Gasteiger partial charge in [0.1, 0.15) is 0 Å². The standard InChI is InChI=1S/C17H32N2O/c1-4-19(15-10-7-8-13(15)12-18)16(20)14-9-5-6-11-17(14,2)3/h13-15H,4-12,18H2,1-3H3. The molecule has 3 atom stereocenters. The van der Waals surface area contributed by atoms with E-state index in [4.69, 9.17) is 5.73 Å². The van der Waals surface area contributed by atoms with Crippen LogP contribution in [0, 0.1) is 17.3 Å². The molecule has 1 amide bonds. The van der Waals surface area contributed by atoms with Crippen molar-refractivity contribution in [3.05, 3.63) is 0 Å². The molecule has 2 rings (SSSR count). The van der Waals surface area contributed by atoms with Gasteiger partial charge in [-0.25, -0.2) is 0 Å². The van der Waals surface area contributed by atoms with Crippen molar-refractivity contribution < 1.29 is 4.79 Å². The van der Waals surface area contributed by atoms with Gasteiger partial charge in [-0.05, 0) is 50.5 Å². The van der Waals surface area contributed by atoms with E-state index in [1.54, 1.807) is 0 Å². The molecule has 2 aliphatic rings. The van der Waals surface area contributed by atoms with Crippen molar-refractivity contribution in [1.82, 2.24) is 4.90 Å². The second-order valence-corrected chi connectivity index (χ2v) is 7.41. The van der Waals surface area contributed by atoms with E-state index in [2.05, 4.69) is 25.7 Å². The summed E-state index contributed by atoms with van der Waals surface area (Å²) in [7, 11) is 0. The summed E-state index contributed by atoms with van der Waals surface area (Å²) in [5.74, 6) is 1.14. The van der Waals surface area contributed by atoms with E-state index in [0.717, 1.165) is 25.9 Å². The SMILES string of the molecule is CCN(C(=O)C1CCCCC1(C)C)C1CCCC1CN. The highest BCUT2D eigenvalue weighted by Gasteiger charge is 2.42. The highest BCUT2D eigenvalue weighted by molar-refractivity contribution is 5.80. The Labute approximate surface area is 124 Å². The van der Waals surface area contributed by atoms with Crippen LogP contribution in [0.25, 0.3) is 0 Å². The Bertz CT molecular complexity index is 340. The van der Waals surface area contributed by atoms with Crippen LogP contribution in [-0.4, -0.2) is 29.9 Å². The first-order chi connectivity index (χ1) is 9.51. The first kappa shape index (κ1) is 15.8. The maximum atomic E-state index is 13.1. The van der Waals surface area contributed by atoms with Gasteiger partial charge in [-0.3, -0.25) is 4.79 Å². The van der Waals surface area contributed by atoms with Gasteiger partial charge in [-0.2, -0.15) is 0 Å². The summed E-state index contributed by atoms with van der Waals surface area (Å²) in [6.07, 6.45) is 8.31. The Morgan fingerprint density at radius 2 is 1.95 bits per heavy atom. The van der Waals surface area contributed by atoms with E-state index >= 15 is 0 Å². The zero-order valence-electron chi connectivity index (χ0n) is 13.5. The lowest BCUT2D eigenvalue weighted by molar-refractivity contribution is -0.144. The predicted molar refractivity (Wildman–Crippen MR) is 83.3 cm³/mol. The van der Waals surface area contributed by atoms with Crippen molar-refractivity contribution in [2.75, 3.05) is 13.1 Å². The van der Waals surface area contributed by atoms with E-state index in [-0.39, 0.29) is 11.3 Å². The summed E-state index contributed by atoms with van der Waals surface area (Å²) in [5, 5.41) is 0. The van der Waals surface area contributed by atoms with E-state index in [1.807, 2.05) is 0 Å². The smallest absolute Gasteiger partial charge is 0.226 e. The number of hydrogen-bond donors (Lipinski definition) is 1. The third kappa shape index (κ3) is 3.03. The second-order valence-electron chi connectivity index (χ2n) is 7.41. The molecule has 0 aromatic heterocycles. The van der Waals surface area contributed by atoms with Crippen molar-refractivity contribution >= 4 is 5.91 Å². The molecule has 0 bridgehead atoms. The van der Waals surface area contributed by atoms with Crippen LogP contribution in [0.2, 0.25) is 0 Å². The third-order valence-corrected chi connectivity index (χ3v) is 5.75. The van der Waals surface area contributed by atoms with Gasteiger partial charge in [-0.15, -0.1) is 0 Å². The fourth-order valence-corrected chi connectivity index (χ4v) is 4.41. The highest BCUT2D eigenvalue weighted by atomic mass is 16.2. The maximum absolute atomic E-state index is 13.1. The van der Waals surface area contributed by atoms with E-state index in [0.29, 0.717) is 17.9 Å². The van der Waals surface area contributed by atoms with Crippen LogP contribution in [0.4, 0.5) is 0 Å². The van der Waals surface area contributed by atoms with Gasteiger partial charge in [0.25, 0.3) is 0 Å². The van der Waals surface area contributed by atoms with Gasteiger partial charge in [0.05, 0.1) is 0 Å². The lowest BCUT2D eigenvalue weighted by Crippen LogP contribution is -2.50. The molecule has 0 aromatic carbocycles. The molecule has 20 heavy (non-hydrogen) atoms. The van der Waals surface area contributed by atoms with Crippen LogP contribution in [0.15, 0.2) is 0 Å². The summed E-state index contributed by atoms with van der Waals surface area (Å²) < 4.78 is 0. The largest absolute Gasteiger partial charge is 0.339 e. The number of amides is 1. The molecule has 2 fully saturated rings. The zero-order valence-corrected chi connectivity index (χ0v) is 13.5. The summed E-state index contributed by atoms with van der Waals surface area (Å²) in [6, 6.07) is 0.398. The Kier molecular flexibility index (Phi) is 5.11. The molecule has 3 nitrogen and oxygen atoms in total. The van der Waals surface area contributed by atoms with Gasteiger partial charge in [0, 0.05) is 18.5 Å². The van der Waals surface area contributed by atoms with Gasteiger partial charge in [0.15, 0.2) is 0 Å². The van der Waals surface area contributed by atoms with Crippen LogP contribution >= 0.6 is 0 Å². The molecule has 3 unspecified atom stereocenters. The monoisotopic (exact) mass is 280 g/mol. The van der Waals surface area contributed by atoms with Crippen LogP contribution in [0.1, 0.15) is 65.7 Å². The normalized spacial score (nSPS) is 33.1. The molecule has 0 heterocycles. The molecule has 116 valence electrons. The minimum absolute atomic E-state index is 0.166. The van der Waals surface area contributed by atoms with Gasteiger partial charge >= 0.3 is 0 Å². The highest BCUT2D eigenvalue weighted by Crippen LogP contribution is 2.42. The number of rotatable bonds is 4. The number of carbonyl (C=O) groups is 1. The molecule has 3 heteroatoms. The fourth-order valence-electron chi connectivity index (χ4n) is 4.41.